The Balaban J connectivity index is 2.69. The van der Waals surface area contributed by atoms with Crippen LogP contribution in [0.15, 0.2) is 12.4 Å². The topological polar surface area (TPSA) is 27.1 Å². The Kier molecular flexibility index (Phi) is 2.08. The average Bonchev–Trinajstić information content (AvgIpc) is 2.18. The van der Waals surface area contributed by atoms with E-state index in [9.17, 15) is 0 Å². The molecule has 0 fully saturated rings. The molecular formula is C5H7ClN2O. The fourth-order valence-corrected chi connectivity index (χ4v) is 0.708. The van der Waals surface area contributed by atoms with Crippen molar-refractivity contribution in [3.8, 4) is 0 Å². The Morgan fingerprint density at radius 2 is 2.67 bits per heavy atom. The molecule has 0 amide bonds. The molecule has 50 valence electrons. The number of hydrogen-bond donors (Lipinski definition) is 0. The van der Waals surface area contributed by atoms with Gasteiger partial charge in [-0.05, 0) is 11.6 Å². The summed E-state index contributed by atoms with van der Waals surface area (Å²) in [5, 5.41) is 0.455. The van der Waals surface area contributed by atoms with Gasteiger partial charge in [-0.3, -0.25) is 4.57 Å². The van der Waals surface area contributed by atoms with E-state index in [0.717, 1.165) is 0 Å². The highest BCUT2D eigenvalue weighted by molar-refractivity contribution is 6.28. The highest BCUT2D eigenvalue weighted by atomic mass is 35.5. The Hall–Kier alpha value is -0.540. The van der Waals surface area contributed by atoms with Gasteiger partial charge in [0.15, 0.2) is 0 Å². The lowest BCUT2D eigenvalue weighted by Crippen LogP contribution is -1.97. The molecule has 1 aromatic rings. The van der Waals surface area contributed by atoms with Crippen LogP contribution in [0.1, 0.15) is 0 Å². The Labute approximate surface area is 58.2 Å². The van der Waals surface area contributed by atoms with Crippen molar-refractivity contribution in [3.05, 3.63) is 17.7 Å². The first-order valence-corrected chi connectivity index (χ1v) is 2.88. The summed E-state index contributed by atoms with van der Waals surface area (Å²) in [7, 11) is 1.61. The van der Waals surface area contributed by atoms with E-state index in [1.807, 2.05) is 0 Å². The van der Waals surface area contributed by atoms with Crippen LogP contribution < -0.4 is 0 Å². The first-order valence-electron chi connectivity index (χ1n) is 2.50. The minimum atomic E-state index is 0.455. The van der Waals surface area contributed by atoms with Crippen LogP contribution in [0, 0.1) is 0 Å². The van der Waals surface area contributed by atoms with Crippen molar-refractivity contribution in [1.82, 2.24) is 9.55 Å². The lowest BCUT2D eigenvalue weighted by atomic mass is 10.9. The molecule has 0 aliphatic heterocycles. The lowest BCUT2D eigenvalue weighted by Gasteiger charge is -1.98. The van der Waals surface area contributed by atoms with Crippen LogP contribution in [-0.4, -0.2) is 16.7 Å². The van der Waals surface area contributed by atoms with Crippen molar-refractivity contribution in [2.75, 3.05) is 7.11 Å². The third-order valence-corrected chi connectivity index (χ3v) is 1.25. The minimum absolute atomic E-state index is 0.455. The van der Waals surface area contributed by atoms with Gasteiger partial charge in [0.25, 0.3) is 0 Å². The molecule has 3 nitrogen and oxygen atoms in total. The maximum absolute atomic E-state index is 5.59. The second-order valence-corrected chi connectivity index (χ2v) is 1.92. The van der Waals surface area contributed by atoms with Crippen LogP contribution in [-0.2, 0) is 11.5 Å². The van der Waals surface area contributed by atoms with Gasteiger partial charge in [0, 0.05) is 19.5 Å². The number of ether oxygens (including phenoxy) is 1. The minimum Gasteiger partial charge on any atom is -0.364 e. The standard InChI is InChI=1S/C5H7ClN2O/c1-9-4-8-3-2-7-5(8)6/h2-3H,4H2,1H3. The molecule has 0 saturated carbocycles. The van der Waals surface area contributed by atoms with Crippen LogP contribution in [0.5, 0.6) is 0 Å². The molecule has 0 aromatic carbocycles. The number of methoxy groups -OCH3 is 1. The highest BCUT2D eigenvalue weighted by Crippen LogP contribution is 2.03. The molecule has 9 heavy (non-hydrogen) atoms. The summed E-state index contributed by atoms with van der Waals surface area (Å²) >= 11 is 5.59. The van der Waals surface area contributed by atoms with Gasteiger partial charge >= 0.3 is 0 Å². The van der Waals surface area contributed by atoms with Gasteiger partial charge in [-0.2, -0.15) is 0 Å². The van der Waals surface area contributed by atoms with Crippen molar-refractivity contribution in [2.45, 2.75) is 6.73 Å². The van der Waals surface area contributed by atoms with Crippen molar-refractivity contribution in [1.29, 1.82) is 0 Å². The zero-order valence-electron chi connectivity index (χ0n) is 5.04. The van der Waals surface area contributed by atoms with Gasteiger partial charge in [-0.25, -0.2) is 4.98 Å². The van der Waals surface area contributed by atoms with Crippen molar-refractivity contribution >= 4 is 11.6 Å². The molecule has 0 unspecified atom stereocenters. The monoisotopic (exact) mass is 146 g/mol. The summed E-state index contributed by atoms with van der Waals surface area (Å²) in [5.41, 5.74) is 0. The molecule has 0 N–H and O–H groups in total. The van der Waals surface area contributed by atoms with E-state index in [2.05, 4.69) is 4.98 Å². The van der Waals surface area contributed by atoms with Gasteiger partial charge in [0.05, 0.1) is 0 Å². The maximum Gasteiger partial charge on any atom is 0.204 e. The molecular weight excluding hydrogens is 140 g/mol. The molecule has 0 bridgehead atoms. The largest absolute Gasteiger partial charge is 0.364 e. The van der Waals surface area contributed by atoms with E-state index in [1.165, 1.54) is 0 Å². The molecule has 0 aliphatic carbocycles. The van der Waals surface area contributed by atoms with Crippen LogP contribution in [0.25, 0.3) is 0 Å². The van der Waals surface area contributed by atoms with Gasteiger partial charge in [0.2, 0.25) is 5.28 Å². The van der Waals surface area contributed by atoms with Crippen molar-refractivity contribution in [2.24, 2.45) is 0 Å². The zero-order chi connectivity index (χ0) is 6.69. The Morgan fingerprint density at radius 1 is 1.89 bits per heavy atom. The summed E-state index contributed by atoms with van der Waals surface area (Å²) in [6.07, 6.45) is 3.38. The van der Waals surface area contributed by atoms with E-state index < -0.39 is 0 Å². The first-order chi connectivity index (χ1) is 4.34. The number of halogens is 1. The van der Waals surface area contributed by atoms with Gasteiger partial charge < -0.3 is 4.74 Å². The maximum atomic E-state index is 5.59. The number of imidazole rings is 1. The third kappa shape index (κ3) is 1.43. The molecule has 0 radical (unpaired) electrons. The Morgan fingerprint density at radius 3 is 3.11 bits per heavy atom. The molecule has 1 heterocycles. The summed E-state index contributed by atoms with van der Waals surface area (Å²) in [4.78, 5) is 3.78. The molecule has 1 rings (SSSR count). The normalized spacial score (nSPS) is 10.0. The molecule has 1 aromatic heterocycles. The second-order valence-electron chi connectivity index (χ2n) is 1.58. The smallest absolute Gasteiger partial charge is 0.204 e. The molecule has 0 atom stereocenters. The number of rotatable bonds is 2. The summed E-state index contributed by atoms with van der Waals surface area (Å²) in [6, 6.07) is 0. The quantitative estimate of drug-likeness (QED) is 0.626. The van der Waals surface area contributed by atoms with Crippen LogP contribution in [0.3, 0.4) is 0 Å². The SMILES string of the molecule is COCn1ccnc1Cl. The molecule has 0 saturated heterocycles. The predicted octanol–water partition coefficient (Wildman–Crippen LogP) is 1.14. The highest BCUT2D eigenvalue weighted by Gasteiger charge is 1.94. The summed E-state index contributed by atoms with van der Waals surface area (Å²) in [5.74, 6) is 0. The number of aromatic nitrogens is 2. The molecule has 0 aliphatic rings. The van der Waals surface area contributed by atoms with E-state index in [4.69, 9.17) is 16.3 Å². The third-order valence-electron chi connectivity index (χ3n) is 0.933. The van der Waals surface area contributed by atoms with Gasteiger partial charge in [-0.15, -0.1) is 0 Å². The van der Waals surface area contributed by atoms with Gasteiger partial charge in [-0.1, -0.05) is 0 Å². The van der Waals surface area contributed by atoms with E-state index in [1.54, 1.807) is 24.1 Å². The van der Waals surface area contributed by atoms with E-state index >= 15 is 0 Å². The van der Waals surface area contributed by atoms with Crippen LogP contribution >= 0.6 is 11.6 Å². The van der Waals surface area contributed by atoms with Crippen molar-refractivity contribution < 1.29 is 4.74 Å². The summed E-state index contributed by atoms with van der Waals surface area (Å²) in [6.45, 7) is 0.457. The zero-order valence-corrected chi connectivity index (χ0v) is 5.80. The predicted molar refractivity (Wildman–Crippen MR) is 34.2 cm³/mol. The first kappa shape index (κ1) is 6.58. The lowest BCUT2D eigenvalue weighted by molar-refractivity contribution is 0.131. The molecule has 4 heteroatoms. The average molecular weight is 147 g/mol. The number of hydrogen-bond acceptors (Lipinski definition) is 2. The second kappa shape index (κ2) is 2.85. The Bertz CT molecular complexity index is 187. The fraction of sp³-hybridized carbons (Fsp3) is 0.400. The fourth-order valence-electron chi connectivity index (χ4n) is 0.546. The van der Waals surface area contributed by atoms with Crippen LogP contribution in [0.2, 0.25) is 5.28 Å². The summed E-state index contributed by atoms with van der Waals surface area (Å²) < 4.78 is 6.50. The van der Waals surface area contributed by atoms with E-state index in [0.29, 0.717) is 12.0 Å². The number of nitrogens with zero attached hydrogens (tertiary/aromatic N) is 2. The van der Waals surface area contributed by atoms with Crippen molar-refractivity contribution in [3.63, 3.8) is 0 Å². The van der Waals surface area contributed by atoms with E-state index in [-0.39, 0.29) is 0 Å². The van der Waals surface area contributed by atoms with Crippen LogP contribution in [0.4, 0.5) is 0 Å². The van der Waals surface area contributed by atoms with Gasteiger partial charge in [0.1, 0.15) is 6.73 Å². The molecule has 0 spiro atoms.